The number of aromatic nitrogens is 2. The van der Waals surface area contributed by atoms with Crippen LogP contribution < -0.4 is 5.32 Å². The molecule has 1 aromatic heterocycles. The van der Waals surface area contributed by atoms with Gasteiger partial charge in [0.25, 0.3) is 0 Å². The molecule has 4 nitrogen and oxygen atoms in total. The number of anilines is 1. The van der Waals surface area contributed by atoms with E-state index in [4.69, 9.17) is 11.6 Å². The van der Waals surface area contributed by atoms with Crippen molar-refractivity contribution >= 4 is 29.3 Å². The average Bonchev–Trinajstić information content (AvgIpc) is 2.91. The minimum Gasteiger partial charge on any atom is -0.321 e. The van der Waals surface area contributed by atoms with Crippen LogP contribution in [0.25, 0.3) is 6.08 Å². The molecule has 0 aliphatic rings. The van der Waals surface area contributed by atoms with Crippen LogP contribution in [0.3, 0.4) is 0 Å². The molecule has 1 N–H and O–H groups in total. The summed E-state index contributed by atoms with van der Waals surface area (Å²) < 4.78 is 15.0. The van der Waals surface area contributed by atoms with Gasteiger partial charge in [0, 0.05) is 17.3 Å². The molecular weight excluding hydrogens is 377 g/mol. The van der Waals surface area contributed by atoms with Gasteiger partial charge in [0.05, 0.1) is 22.9 Å². The second kappa shape index (κ2) is 8.40. The van der Waals surface area contributed by atoms with Crippen molar-refractivity contribution in [2.45, 2.75) is 27.3 Å². The largest absolute Gasteiger partial charge is 0.321 e. The van der Waals surface area contributed by atoms with E-state index in [-0.39, 0.29) is 10.9 Å². The first-order valence-electron chi connectivity index (χ1n) is 8.87. The Bertz CT molecular complexity index is 1040. The number of carbonyl (C=O) groups is 1. The zero-order valence-electron chi connectivity index (χ0n) is 16.0. The van der Waals surface area contributed by atoms with Crippen LogP contribution in [0.15, 0.2) is 48.5 Å². The monoisotopic (exact) mass is 397 g/mol. The van der Waals surface area contributed by atoms with E-state index in [1.807, 2.05) is 18.5 Å². The SMILES string of the molecule is Cc1ccc(Cn2nc(C)c(/C=C/C(=O)Nc3ccc(F)cc3Cl)c2C)cc1. The van der Waals surface area contributed by atoms with Crippen molar-refractivity contribution in [2.75, 3.05) is 5.32 Å². The molecule has 28 heavy (non-hydrogen) atoms. The lowest BCUT2D eigenvalue weighted by Gasteiger charge is -2.06. The number of nitrogens with one attached hydrogen (secondary N) is 1. The third-order valence-corrected chi connectivity index (χ3v) is 4.79. The van der Waals surface area contributed by atoms with E-state index < -0.39 is 5.82 Å². The summed E-state index contributed by atoms with van der Waals surface area (Å²) in [5.74, 6) is -0.802. The lowest BCUT2D eigenvalue weighted by atomic mass is 10.1. The minimum atomic E-state index is -0.453. The summed E-state index contributed by atoms with van der Waals surface area (Å²) in [5, 5.41) is 7.38. The van der Waals surface area contributed by atoms with Crippen LogP contribution in [-0.4, -0.2) is 15.7 Å². The molecule has 1 heterocycles. The molecule has 0 radical (unpaired) electrons. The number of rotatable bonds is 5. The quantitative estimate of drug-likeness (QED) is 0.594. The average molecular weight is 398 g/mol. The summed E-state index contributed by atoms with van der Waals surface area (Å²) in [6.07, 6.45) is 3.16. The highest BCUT2D eigenvalue weighted by Crippen LogP contribution is 2.22. The summed E-state index contributed by atoms with van der Waals surface area (Å²) in [4.78, 5) is 12.2. The molecule has 6 heteroatoms. The Morgan fingerprint density at radius 1 is 1.18 bits per heavy atom. The second-order valence-corrected chi connectivity index (χ2v) is 7.08. The van der Waals surface area contributed by atoms with Gasteiger partial charge in [-0.25, -0.2) is 4.39 Å². The van der Waals surface area contributed by atoms with Crippen LogP contribution in [0.2, 0.25) is 5.02 Å². The molecule has 0 atom stereocenters. The summed E-state index contributed by atoms with van der Waals surface area (Å²) in [5.41, 5.74) is 5.45. The molecule has 0 unspecified atom stereocenters. The molecule has 0 saturated carbocycles. The predicted molar refractivity (Wildman–Crippen MR) is 111 cm³/mol. The molecule has 0 spiro atoms. The fraction of sp³-hybridized carbons (Fsp3) is 0.182. The van der Waals surface area contributed by atoms with Gasteiger partial charge in [0.2, 0.25) is 5.91 Å². The summed E-state index contributed by atoms with van der Waals surface area (Å²) in [7, 11) is 0. The molecule has 0 bridgehead atoms. The predicted octanol–water partition coefficient (Wildman–Crippen LogP) is 5.30. The summed E-state index contributed by atoms with van der Waals surface area (Å²) >= 11 is 5.94. The number of aryl methyl sites for hydroxylation is 2. The Hall–Kier alpha value is -2.92. The van der Waals surface area contributed by atoms with Crippen LogP contribution in [0, 0.1) is 26.6 Å². The van der Waals surface area contributed by atoms with Crippen LogP contribution in [0.4, 0.5) is 10.1 Å². The molecule has 2 aromatic carbocycles. The van der Waals surface area contributed by atoms with E-state index in [1.54, 1.807) is 6.08 Å². The van der Waals surface area contributed by atoms with E-state index in [0.29, 0.717) is 12.2 Å². The first-order chi connectivity index (χ1) is 13.3. The van der Waals surface area contributed by atoms with Crippen molar-refractivity contribution < 1.29 is 9.18 Å². The topological polar surface area (TPSA) is 46.9 Å². The van der Waals surface area contributed by atoms with Crippen molar-refractivity contribution in [2.24, 2.45) is 0 Å². The minimum absolute atomic E-state index is 0.153. The lowest BCUT2D eigenvalue weighted by Crippen LogP contribution is -2.08. The first-order valence-corrected chi connectivity index (χ1v) is 9.25. The van der Waals surface area contributed by atoms with Crippen molar-refractivity contribution in [3.05, 3.63) is 87.5 Å². The molecule has 144 valence electrons. The highest BCUT2D eigenvalue weighted by molar-refractivity contribution is 6.33. The third-order valence-electron chi connectivity index (χ3n) is 4.48. The Kier molecular flexibility index (Phi) is 5.95. The van der Waals surface area contributed by atoms with Crippen molar-refractivity contribution in [3.8, 4) is 0 Å². The number of amides is 1. The van der Waals surface area contributed by atoms with E-state index in [0.717, 1.165) is 28.6 Å². The van der Waals surface area contributed by atoms with E-state index in [2.05, 4.69) is 41.6 Å². The number of hydrogen-bond acceptors (Lipinski definition) is 2. The van der Waals surface area contributed by atoms with Crippen LogP contribution >= 0.6 is 11.6 Å². The van der Waals surface area contributed by atoms with E-state index in [9.17, 15) is 9.18 Å². The summed E-state index contributed by atoms with van der Waals surface area (Å²) in [6, 6.07) is 12.2. The second-order valence-electron chi connectivity index (χ2n) is 6.67. The number of carbonyl (C=O) groups excluding carboxylic acids is 1. The van der Waals surface area contributed by atoms with Crippen LogP contribution in [-0.2, 0) is 11.3 Å². The normalized spacial score (nSPS) is 11.2. The maximum Gasteiger partial charge on any atom is 0.248 e. The lowest BCUT2D eigenvalue weighted by molar-refractivity contribution is -0.111. The maximum atomic E-state index is 13.1. The molecule has 3 aromatic rings. The molecule has 3 rings (SSSR count). The molecule has 0 saturated heterocycles. The smallest absolute Gasteiger partial charge is 0.248 e. The maximum absolute atomic E-state index is 13.1. The Morgan fingerprint density at radius 2 is 1.89 bits per heavy atom. The fourth-order valence-corrected chi connectivity index (χ4v) is 3.11. The van der Waals surface area contributed by atoms with Gasteiger partial charge in [-0.1, -0.05) is 41.4 Å². The number of hydrogen-bond donors (Lipinski definition) is 1. The van der Waals surface area contributed by atoms with Gasteiger partial charge in [-0.3, -0.25) is 9.48 Å². The van der Waals surface area contributed by atoms with Gasteiger partial charge in [0.1, 0.15) is 5.82 Å². The highest BCUT2D eigenvalue weighted by atomic mass is 35.5. The van der Waals surface area contributed by atoms with E-state index >= 15 is 0 Å². The van der Waals surface area contributed by atoms with Gasteiger partial charge < -0.3 is 5.32 Å². The zero-order valence-corrected chi connectivity index (χ0v) is 16.7. The third kappa shape index (κ3) is 4.67. The van der Waals surface area contributed by atoms with Gasteiger partial charge >= 0.3 is 0 Å². The Morgan fingerprint density at radius 3 is 2.57 bits per heavy atom. The number of nitrogens with zero attached hydrogens (tertiary/aromatic N) is 2. The van der Waals surface area contributed by atoms with Crippen LogP contribution in [0.1, 0.15) is 28.1 Å². The van der Waals surface area contributed by atoms with Crippen molar-refractivity contribution in [1.29, 1.82) is 0 Å². The first kappa shape index (κ1) is 19.8. The van der Waals surface area contributed by atoms with Gasteiger partial charge in [-0.05, 0) is 50.6 Å². The molecular formula is C22H21ClFN3O. The number of benzene rings is 2. The molecule has 0 aliphatic heterocycles. The standard InChI is InChI=1S/C22H21ClFN3O/c1-14-4-6-17(7-5-14)13-27-16(3)19(15(2)26-27)9-11-22(28)25-21-10-8-18(24)12-20(21)23/h4-12H,13H2,1-3H3,(H,25,28)/b11-9+. The molecule has 0 fully saturated rings. The van der Waals surface area contributed by atoms with Crippen molar-refractivity contribution in [3.63, 3.8) is 0 Å². The molecule has 0 aliphatic carbocycles. The van der Waals surface area contributed by atoms with Gasteiger partial charge in [-0.2, -0.15) is 5.10 Å². The Labute approximate surface area is 168 Å². The van der Waals surface area contributed by atoms with E-state index in [1.165, 1.54) is 23.8 Å². The zero-order chi connectivity index (χ0) is 20.3. The van der Waals surface area contributed by atoms with Gasteiger partial charge in [-0.15, -0.1) is 0 Å². The Balaban J connectivity index is 1.73. The summed E-state index contributed by atoms with van der Waals surface area (Å²) in [6.45, 7) is 6.61. The highest BCUT2D eigenvalue weighted by Gasteiger charge is 2.10. The van der Waals surface area contributed by atoms with Crippen molar-refractivity contribution in [1.82, 2.24) is 9.78 Å². The van der Waals surface area contributed by atoms with Gasteiger partial charge in [0.15, 0.2) is 0 Å². The van der Waals surface area contributed by atoms with Crippen LogP contribution in [0.5, 0.6) is 0 Å². The molecule has 1 amide bonds. The number of halogens is 2. The fourth-order valence-electron chi connectivity index (χ4n) is 2.90.